The van der Waals surface area contributed by atoms with E-state index in [4.69, 9.17) is 0 Å². The first kappa shape index (κ1) is 11.0. The van der Waals surface area contributed by atoms with Crippen molar-refractivity contribution >= 4 is 5.91 Å². The van der Waals surface area contributed by atoms with Crippen molar-refractivity contribution in [3.63, 3.8) is 0 Å². The Morgan fingerprint density at radius 2 is 2.44 bits per heavy atom. The number of carbonyl (C=O) groups excluding carboxylic acids is 1. The number of hydrogen-bond donors (Lipinski definition) is 1. The second-order valence-corrected chi connectivity index (χ2v) is 4.57. The second kappa shape index (κ2) is 4.29. The molecule has 1 atom stereocenters. The Bertz CT molecular complexity index is 545. The van der Waals surface area contributed by atoms with Crippen LogP contribution in [0.5, 0.6) is 0 Å². The number of amides is 1. The van der Waals surface area contributed by atoms with E-state index in [1.165, 1.54) is 0 Å². The van der Waals surface area contributed by atoms with Crippen LogP contribution < -0.4 is 0 Å². The van der Waals surface area contributed by atoms with Gasteiger partial charge in [0.15, 0.2) is 0 Å². The number of aromatic amines is 1. The van der Waals surface area contributed by atoms with Crippen LogP contribution in [0.15, 0.2) is 24.7 Å². The van der Waals surface area contributed by atoms with Crippen molar-refractivity contribution in [3.8, 4) is 0 Å². The van der Waals surface area contributed by atoms with Crippen molar-refractivity contribution in [2.24, 2.45) is 7.05 Å². The molecule has 0 bridgehead atoms. The van der Waals surface area contributed by atoms with Gasteiger partial charge in [0.25, 0.3) is 5.91 Å². The van der Waals surface area contributed by atoms with Crippen LogP contribution in [0.3, 0.4) is 0 Å². The van der Waals surface area contributed by atoms with Crippen LogP contribution in [0.2, 0.25) is 0 Å². The molecule has 0 saturated carbocycles. The Morgan fingerprint density at radius 1 is 1.56 bits per heavy atom. The molecule has 1 unspecified atom stereocenters. The normalized spacial score (nSPS) is 19.4. The maximum absolute atomic E-state index is 12.3. The minimum atomic E-state index is 0.0128. The van der Waals surface area contributed by atoms with Gasteiger partial charge in [-0.2, -0.15) is 10.2 Å². The van der Waals surface area contributed by atoms with E-state index in [1.807, 2.05) is 24.3 Å². The molecule has 1 fully saturated rings. The van der Waals surface area contributed by atoms with Crippen LogP contribution in [0.1, 0.15) is 34.9 Å². The number of aryl methyl sites for hydroxylation is 1. The Morgan fingerprint density at radius 3 is 3.11 bits per heavy atom. The molecule has 0 aromatic carbocycles. The third-order valence-electron chi connectivity index (χ3n) is 3.35. The standard InChI is InChI=1S/C12H15N5O/c1-16-8-9(7-14-16)11-3-2-6-17(11)12(18)10-4-5-13-15-10/h4-5,7-8,11H,2-3,6H2,1H3,(H,13,15). The van der Waals surface area contributed by atoms with Crippen LogP contribution in [0.25, 0.3) is 0 Å². The quantitative estimate of drug-likeness (QED) is 0.862. The first-order valence-electron chi connectivity index (χ1n) is 6.04. The SMILES string of the molecule is Cn1cc(C2CCCN2C(=O)c2ccn[nH]2)cn1. The summed E-state index contributed by atoms with van der Waals surface area (Å²) in [7, 11) is 1.89. The number of H-pyrrole nitrogens is 1. The van der Waals surface area contributed by atoms with Crippen LogP contribution in [0, 0.1) is 0 Å². The molecule has 0 radical (unpaired) electrons. The summed E-state index contributed by atoms with van der Waals surface area (Å²) in [4.78, 5) is 14.2. The minimum absolute atomic E-state index is 0.0128. The smallest absolute Gasteiger partial charge is 0.272 e. The number of likely N-dealkylation sites (tertiary alicyclic amines) is 1. The average molecular weight is 245 g/mol. The summed E-state index contributed by atoms with van der Waals surface area (Å²) in [5.41, 5.74) is 1.65. The molecule has 3 rings (SSSR count). The molecule has 1 saturated heterocycles. The zero-order valence-corrected chi connectivity index (χ0v) is 10.2. The van der Waals surface area contributed by atoms with Crippen LogP contribution in [-0.4, -0.2) is 37.3 Å². The van der Waals surface area contributed by atoms with Crippen LogP contribution >= 0.6 is 0 Å². The van der Waals surface area contributed by atoms with Gasteiger partial charge in [0.1, 0.15) is 5.69 Å². The summed E-state index contributed by atoms with van der Waals surface area (Å²) in [6, 6.07) is 1.84. The van der Waals surface area contributed by atoms with E-state index >= 15 is 0 Å². The summed E-state index contributed by atoms with van der Waals surface area (Å²) in [6.45, 7) is 0.789. The number of hydrogen-bond acceptors (Lipinski definition) is 3. The molecule has 18 heavy (non-hydrogen) atoms. The fourth-order valence-corrected chi connectivity index (χ4v) is 2.50. The molecule has 6 nitrogen and oxygen atoms in total. The van der Waals surface area contributed by atoms with Gasteiger partial charge in [0.05, 0.1) is 12.2 Å². The summed E-state index contributed by atoms with van der Waals surface area (Å²) in [5, 5.41) is 10.7. The lowest BCUT2D eigenvalue weighted by Gasteiger charge is -2.23. The predicted molar refractivity (Wildman–Crippen MR) is 64.8 cm³/mol. The molecule has 3 heterocycles. The highest BCUT2D eigenvalue weighted by Gasteiger charge is 2.31. The van der Waals surface area contributed by atoms with Crippen molar-refractivity contribution in [2.45, 2.75) is 18.9 Å². The van der Waals surface area contributed by atoms with E-state index in [2.05, 4.69) is 15.3 Å². The van der Waals surface area contributed by atoms with Gasteiger partial charge in [-0.1, -0.05) is 0 Å². The monoisotopic (exact) mass is 245 g/mol. The van der Waals surface area contributed by atoms with E-state index in [-0.39, 0.29) is 11.9 Å². The summed E-state index contributed by atoms with van der Waals surface area (Å²) in [5.74, 6) is 0.0128. The molecule has 1 aliphatic heterocycles. The first-order chi connectivity index (χ1) is 8.75. The summed E-state index contributed by atoms with van der Waals surface area (Å²) >= 11 is 0. The third kappa shape index (κ3) is 1.79. The van der Waals surface area contributed by atoms with Crippen LogP contribution in [-0.2, 0) is 7.05 Å². The van der Waals surface area contributed by atoms with Crippen molar-refractivity contribution < 1.29 is 4.79 Å². The van der Waals surface area contributed by atoms with E-state index < -0.39 is 0 Å². The summed E-state index contributed by atoms with van der Waals surface area (Å²) < 4.78 is 1.77. The van der Waals surface area contributed by atoms with Crippen molar-refractivity contribution in [3.05, 3.63) is 35.9 Å². The Balaban J connectivity index is 1.85. The number of aromatic nitrogens is 4. The molecular formula is C12H15N5O. The lowest BCUT2D eigenvalue weighted by Crippen LogP contribution is -2.30. The molecule has 1 aliphatic rings. The Hall–Kier alpha value is -2.11. The van der Waals surface area contributed by atoms with Gasteiger partial charge in [-0.3, -0.25) is 14.6 Å². The van der Waals surface area contributed by atoms with Crippen molar-refractivity contribution in [1.82, 2.24) is 24.9 Å². The third-order valence-corrected chi connectivity index (χ3v) is 3.35. The molecule has 1 amide bonds. The van der Waals surface area contributed by atoms with Crippen molar-refractivity contribution in [2.75, 3.05) is 6.54 Å². The first-order valence-corrected chi connectivity index (χ1v) is 6.04. The summed E-state index contributed by atoms with van der Waals surface area (Å²) in [6.07, 6.45) is 7.43. The van der Waals surface area contributed by atoms with Crippen molar-refractivity contribution in [1.29, 1.82) is 0 Å². The zero-order valence-electron chi connectivity index (χ0n) is 10.2. The zero-order chi connectivity index (χ0) is 12.5. The topological polar surface area (TPSA) is 66.8 Å². The number of carbonyl (C=O) groups is 1. The van der Waals surface area contributed by atoms with Gasteiger partial charge < -0.3 is 4.90 Å². The van der Waals surface area contributed by atoms with Gasteiger partial charge in [-0.15, -0.1) is 0 Å². The van der Waals surface area contributed by atoms with Gasteiger partial charge >= 0.3 is 0 Å². The predicted octanol–water partition coefficient (Wildman–Crippen LogP) is 1.12. The number of rotatable bonds is 2. The highest BCUT2D eigenvalue weighted by Crippen LogP contribution is 2.32. The van der Waals surface area contributed by atoms with Gasteiger partial charge in [0, 0.05) is 31.5 Å². The van der Waals surface area contributed by atoms with Gasteiger partial charge in [-0.05, 0) is 18.9 Å². The molecule has 2 aromatic heterocycles. The molecule has 94 valence electrons. The number of nitrogens with one attached hydrogen (secondary N) is 1. The second-order valence-electron chi connectivity index (χ2n) is 4.57. The van der Waals surface area contributed by atoms with E-state index in [9.17, 15) is 4.79 Å². The van der Waals surface area contributed by atoms with Gasteiger partial charge in [0.2, 0.25) is 0 Å². The molecule has 0 spiro atoms. The lowest BCUT2D eigenvalue weighted by atomic mass is 10.1. The fourth-order valence-electron chi connectivity index (χ4n) is 2.50. The largest absolute Gasteiger partial charge is 0.330 e. The molecule has 0 aliphatic carbocycles. The fraction of sp³-hybridized carbons (Fsp3) is 0.417. The van der Waals surface area contributed by atoms with E-state index in [0.717, 1.165) is 24.9 Å². The lowest BCUT2D eigenvalue weighted by molar-refractivity contribution is 0.0729. The van der Waals surface area contributed by atoms with E-state index in [0.29, 0.717) is 5.69 Å². The maximum Gasteiger partial charge on any atom is 0.272 e. The highest BCUT2D eigenvalue weighted by molar-refractivity contribution is 5.92. The van der Waals surface area contributed by atoms with Gasteiger partial charge in [-0.25, -0.2) is 0 Å². The highest BCUT2D eigenvalue weighted by atomic mass is 16.2. The molecular weight excluding hydrogens is 230 g/mol. The minimum Gasteiger partial charge on any atom is -0.330 e. The molecule has 1 N–H and O–H groups in total. The maximum atomic E-state index is 12.3. The Kier molecular flexibility index (Phi) is 2.62. The average Bonchev–Trinajstić information content (AvgIpc) is 3.09. The molecule has 2 aromatic rings. The Labute approximate surface area is 105 Å². The molecule has 6 heteroatoms. The van der Waals surface area contributed by atoms with Crippen LogP contribution in [0.4, 0.5) is 0 Å². The van der Waals surface area contributed by atoms with E-state index in [1.54, 1.807) is 16.9 Å². The number of nitrogens with zero attached hydrogens (tertiary/aromatic N) is 4.